The molecular weight excluding hydrogens is 242 g/mol. The van der Waals surface area contributed by atoms with Gasteiger partial charge < -0.3 is 5.73 Å². The highest BCUT2D eigenvalue weighted by atomic mass is 14.6. The van der Waals surface area contributed by atoms with E-state index in [4.69, 9.17) is 5.73 Å². The van der Waals surface area contributed by atoms with Gasteiger partial charge in [-0.2, -0.15) is 0 Å². The number of benzene rings is 3. The second-order valence-electron chi connectivity index (χ2n) is 5.59. The van der Waals surface area contributed by atoms with E-state index in [1.165, 1.54) is 33.0 Å². The predicted molar refractivity (Wildman–Crippen MR) is 84.6 cm³/mol. The Bertz CT molecular complexity index is 783. The van der Waals surface area contributed by atoms with Crippen molar-refractivity contribution in [2.75, 3.05) is 0 Å². The Labute approximate surface area is 119 Å². The number of aryl methyl sites for hydroxylation is 1. The summed E-state index contributed by atoms with van der Waals surface area (Å²) < 4.78 is 0. The van der Waals surface area contributed by atoms with Gasteiger partial charge in [0.05, 0.1) is 0 Å². The van der Waals surface area contributed by atoms with Gasteiger partial charge >= 0.3 is 0 Å². The Hall–Kier alpha value is -2.12. The van der Waals surface area contributed by atoms with Crippen molar-refractivity contribution in [3.63, 3.8) is 0 Å². The summed E-state index contributed by atoms with van der Waals surface area (Å²) >= 11 is 0. The van der Waals surface area contributed by atoms with Gasteiger partial charge in [-0.25, -0.2) is 0 Å². The molecule has 0 saturated carbocycles. The van der Waals surface area contributed by atoms with Crippen LogP contribution in [0.1, 0.15) is 23.6 Å². The zero-order valence-corrected chi connectivity index (χ0v) is 11.3. The lowest BCUT2D eigenvalue weighted by atomic mass is 9.95. The fourth-order valence-corrected chi connectivity index (χ4v) is 3.30. The molecule has 1 aliphatic rings. The van der Waals surface area contributed by atoms with Gasteiger partial charge in [0.2, 0.25) is 0 Å². The van der Waals surface area contributed by atoms with Crippen molar-refractivity contribution >= 4 is 10.8 Å². The quantitative estimate of drug-likeness (QED) is 0.686. The van der Waals surface area contributed by atoms with Crippen molar-refractivity contribution in [1.82, 2.24) is 0 Å². The van der Waals surface area contributed by atoms with Crippen LogP contribution in [0.2, 0.25) is 0 Å². The first kappa shape index (κ1) is 11.7. The lowest BCUT2D eigenvalue weighted by Crippen LogP contribution is -2.04. The highest BCUT2D eigenvalue weighted by Crippen LogP contribution is 2.35. The van der Waals surface area contributed by atoms with E-state index in [2.05, 4.69) is 60.7 Å². The molecule has 3 aromatic rings. The van der Waals surface area contributed by atoms with Crippen molar-refractivity contribution in [1.29, 1.82) is 0 Å². The third-order valence-corrected chi connectivity index (χ3v) is 4.37. The monoisotopic (exact) mass is 259 g/mol. The van der Waals surface area contributed by atoms with E-state index < -0.39 is 0 Å². The largest absolute Gasteiger partial charge is 0.324 e. The first-order valence-corrected chi connectivity index (χ1v) is 7.19. The van der Waals surface area contributed by atoms with Gasteiger partial charge in [-0.1, -0.05) is 60.7 Å². The maximum Gasteiger partial charge on any atom is 0.0300 e. The molecule has 0 spiro atoms. The maximum atomic E-state index is 6.13. The van der Waals surface area contributed by atoms with Crippen molar-refractivity contribution in [3.05, 3.63) is 71.8 Å². The van der Waals surface area contributed by atoms with Crippen LogP contribution < -0.4 is 5.73 Å². The van der Waals surface area contributed by atoms with E-state index in [0.29, 0.717) is 0 Å². The third-order valence-electron chi connectivity index (χ3n) is 4.37. The van der Waals surface area contributed by atoms with Crippen LogP contribution in [0.3, 0.4) is 0 Å². The van der Waals surface area contributed by atoms with Gasteiger partial charge in [-0.3, -0.25) is 0 Å². The molecule has 4 rings (SSSR count). The average molecular weight is 259 g/mol. The second-order valence-corrected chi connectivity index (χ2v) is 5.59. The summed E-state index contributed by atoms with van der Waals surface area (Å²) in [6.45, 7) is 0. The Morgan fingerprint density at radius 1 is 0.900 bits per heavy atom. The number of rotatable bonds is 1. The zero-order chi connectivity index (χ0) is 13.5. The Morgan fingerprint density at radius 2 is 1.75 bits per heavy atom. The van der Waals surface area contributed by atoms with Gasteiger partial charge in [-0.05, 0) is 45.9 Å². The lowest BCUT2D eigenvalue weighted by Gasteiger charge is -2.10. The van der Waals surface area contributed by atoms with Gasteiger partial charge in [0.1, 0.15) is 0 Å². The summed E-state index contributed by atoms with van der Waals surface area (Å²) in [4.78, 5) is 0. The highest BCUT2D eigenvalue weighted by Gasteiger charge is 2.19. The van der Waals surface area contributed by atoms with E-state index in [1.54, 1.807) is 0 Å². The first-order chi connectivity index (χ1) is 9.83. The molecule has 1 atom stereocenters. The maximum absolute atomic E-state index is 6.13. The summed E-state index contributed by atoms with van der Waals surface area (Å²) in [6.07, 6.45) is 2.18. The van der Waals surface area contributed by atoms with Crippen molar-refractivity contribution in [2.45, 2.75) is 18.9 Å². The molecule has 0 radical (unpaired) electrons. The molecule has 1 heteroatoms. The predicted octanol–water partition coefficient (Wildman–Crippen LogP) is 4.45. The molecule has 0 saturated heterocycles. The van der Waals surface area contributed by atoms with E-state index in [1.807, 2.05) is 0 Å². The number of nitrogens with two attached hydrogens (primary N) is 1. The fraction of sp³-hybridized carbons (Fsp3) is 0.158. The second kappa shape index (κ2) is 4.46. The third kappa shape index (κ3) is 1.75. The summed E-state index contributed by atoms with van der Waals surface area (Å²) in [5.41, 5.74) is 11.5. The van der Waals surface area contributed by atoms with Gasteiger partial charge in [0, 0.05) is 6.04 Å². The molecule has 1 nitrogen and oxygen atoms in total. The van der Waals surface area contributed by atoms with Crippen molar-refractivity contribution in [2.24, 2.45) is 5.73 Å². The Balaban J connectivity index is 1.92. The van der Waals surface area contributed by atoms with Crippen LogP contribution in [0.15, 0.2) is 60.7 Å². The summed E-state index contributed by atoms with van der Waals surface area (Å²) in [5, 5.41) is 2.61. The Kier molecular flexibility index (Phi) is 2.61. The molecule has 0 amide bonds. The Morgan fingerprint density at radius 3 is 2.70 bits per heavy atom. The smallest absolute Gasteiger partial charge is 0.0300 e. The normalized spacial score (nSPS) is 17.4. The molecule has 0 bridgehead atoms. The number of hydrogen-bond acceptors (Lipinski definition) is 1. The van der Waals surface area contributed by atoms with Gasteiger partial charge in [0.15, 0.2) is 0 Å². The SMILES string of the molecule is NC1CCc2cc(-c3cccc4ccccc34)ccc21. The van der Waals surface area contributed by atoms with Crippen LogP contribution >= 0.6 is 0 Å². The van der Waals surface area contributed by atoms with E-state index in [9.17, 15) is 0 Å². The van der Waals surface area contributed by atoms with Crippen LogP contribution in [0.5, 0.6) is 0 Å². The molecule has 0 aliphatic heterocycles. The average Bonchev–Trinajstić information content (AvgIpc) is 2.87. The van der Waals surface area contributed by atoms with Crippen molar-refractivity contribution < 1.29 is 0 Å². The van der Waals surface area contributed by atoms with Crippen molar-refractivity contribution in [3.8, 4) is 11.1 Å². The van der Waals surface area contributed by atoms with Gasteiger partial charge in [-0.15, -0.1) is 0 Å². The number of hydrogen-bond donors (Lipinski definition) is 1. The van der Waals surface area contributed by atoms with Crippen LogP contribution in [0, 0.1) is 0 Å². The first-order valence-electron chi connectivity index (χ1n) is 7.19. The van der Waals surface area contributed by atoms with Crippen LogP contribution in [0.4, 0.5) is 0 Å². The molecule has 1 unspecified atom stereocenters. The molecule has 98 valence electrons. The lowest BCUT2D eigenvalue weighted by molar-refractivity contribution is 0.713. The minimum absolute atomic E-state index is 0.228. The van der Waals surface area contributed by atoms with E-state index >= 15 is 0 Å². The number of fused-ring (bicyclic) bond motifs is 2. The zero-order valence-electron chi connectivity index (χ0n) is 11.3. The van der Waals surface area contributed by atoms with E-state index in [-0.39, 0.29) is 6.04 Å². The van der Waals surface area contributed by atoms with Gasteiger partial charge in [0.25, 0.3) is 0 Å². The summed E-state index contributed by atoms with van der Waals surface area (Å²) in [6, 6.07) is 22.1. The molecule has 20 heavy (non-hydrogen) atoms. The molecule has 1 aliphatic carbocycles. The standard InChI is InChI=1S/C19H17N/c20-19-11-9-15-12-14(8-10-18(15)19)17-7-3-5-13-4-1-2-6-16(13)17/h1-8,10,12,19H,9,11,20H2. The highest BCUT2D eigenvalue weighted by molar-refractivity contribution is 5.96. The molecule has 0 fully saturated rings. The minimum Gasteiger partial charge on any atom is -0.324 e. The van der Waals surface area contributed by atoms with Crippen LogP contribution in [0.25, 0.3) is 21.9 Å². The molecule has 0 aromatic heterocycles. The topological polar surface area (TPSA) is 26.0 Å². The molecular formula is C19H17N. The van der Waals surface area contributed by atoms with Crippen LogP contribution in [-0.4, -0.2) is 0 Å². The molecule has 0 heterocycles. The van der Waals surface area contributed by atoms with Crippen LogP contribution in [-0.2, 0) is 6.42 Å². The fourth-order valence-electron chi connectivity index (χ4n) is 3.30. The van der Waals surface area contributed by atoms with E-state index in [0.717, 1.165) is 12.8 Å². The molecule has 2 N–H and O–H groups in total. The minimum atomic E-state index is 0.228. The molecule has 3 aromatic carbocycles. The summed E-state index contributed by atoms with van der Waals surface area (Å²) in [5.74, 6) is 0. The summed E-state index contributed by atoms with van der Waals surface area (Å²) in [7, 11) is 0.